The van der Waals surface area contributed by atoms with Crippen molar-refractivity contribution in [2.24, 2.45) is 0 Å². The number of halogens is 2. The molecule has 0 aromatic heterocycles. The van der Waals surface area contributed by atoms with E-state index in [0.717, 1.165) is 41.0 Å². The molecule has 0 radical (unpaired) electrons. The zero-order chi connectivity index (χ0) is 19.6. The minimum atomic E-state index is -1.28. The molecule has 0 spiro atoms. The highest BCUT2D eigenvalue weighted by Crippen LogP contribution is 2.52. The largest absolute Gasteiger partial charge is 0.364 e. The Morgan fingerprint density at radius 1 is 1.18 bits per heavy atom. The summed E-state index contributed by atoms with van der Waals surface area (Å²) < 4.78 is 27.5. The highest BCUT2D eigenvalue weighted by Gasteiger charge is 2.45. The van der Waals surface area contributed by atoms with Crippen LogP contribution in [0.15, 0.2) is 30.3 Å². The van der Waals surface area contributed by atoms with Gasteiger partial charge in [0.15, 0.2) is 0 Å². The average Bonchev–Trinajstić information content (AvgIpc) is 3.07. The smallest absolute Gasteiger partial charge is 0.227 e. The van der Waals surface area contributed by atoms with Crippen molar-refractivity contribution < 1.29 is 13.6 Å². The van der Waals surface area contributed by atoms with E-state index < -0.39 is 5.67 Å². The van der Waals surface area contributed by atoms with Crippen LogP contribution in [0, 0.1) is 19.7 Å². The lowest BCUT2D eigenvalue weighted by atomic mass is 9.98. The second-order valence-corrected chi connectivity index (χ2v) is 8.70. The predicted octanol–water partition coefficient (Wildman–Crippen LogP) is 5.32. The molecule has 1 heterocycles. The van der Waals surface area contributed by atoms with Crippen LogP contribution in [0.3, 0.4) is 0 Å². The van der Waals surface area contributed by atoms with Crippen LogP contribution in [0.1, 0.15) is 59.9 Å². The second-order valence-electron chi connectivity index (χ2n) is 8.70. The van der Waals surface area contributed by atoms with Gasteiger partial charge in [0.05, 0.1) is 12.5 Å². The van der Waals surface area contributed by atoms with E-state index >= 15 is 0 Å². The molecule has 1 amide bonds. The van der Waals surface area contributed by atoms with Crippen molar-refractivity contribution in [3.8, 4) is 0 Å². The van der Waals surface area contributed by atoms with Crippen LogP contribution in [0.4, 0.5) is 20.2 Å². The summed E-state index contributed by atoms with van der Waals surface area (Å²) >= 11 is 0. The molecule has 2 atom stereocenters. The number of hydrogen-bond acceptors (Lipinski definition) is 2. The fraction of sp³-hybridized carbons (Fsp3) is 0.435. The van der Waals surface area contributed by atoms with E-state index in [0.29, 0.717) is 18.8 Å². The van der Waals surface area contributed by atoms with E-state index in [1.54, 1.807) is 12.1 Å². The molecular weight excluding hydrogens is 358 g/mol. The van der Waals surface area contributed by atoms with Crippen LogP contribution >= 0.6 is 0 Å². The van der Waals surface area contributed by atoms with Crippen LogP contribution < -0.4 is 10.2 Å². The number of fused-ring (bicyclic) bond motifs is 5. The van der Waals surface area contributed by atoms with Crippen molar-refractivity contribution in [3.05, 3.63) is 58.4 Å². The molecule has 3 aliphatic rings. The van der Waals surface area contributed by atoms with Crippen molar-refractivity contribution in [1.82, 2.24) is 0 Å². The van der Waals surface area contributed by atoms with Crippen molar-refractivity contribution in [3.63, 3.8) is 0 Å². The zero-order valence-electron chi connectivity index (χ0n) is 16.2. The molecule has 1 N–H and O–H groups in total. The molecule has 2 fully saturated rings. The van der Waals surface area contributed by atoms with Crippen LogP contribution in [-0.4, -0.2) is 18.1 Å². The first-order chi connectivity index (χ1) is 13.3. The number of amides is 1. The van der Waals surface area contributed by atoms with Gasteiger partial charge in [-0.25, -0.2) is 8.78 Å². The van der Waals surface area contributed by atoms with Gasteiger partial charge < -0.3 is 10.2 Å². The first-order valence-corrected chi connectivity index (χ1v) is 9.99. The monoisotopic (exact) mass is 382 g/mol. The quantitative estimate of drug-likeness (QED) is 0.776. The lowest BCUT2D eigenvalue weighted by molar-refractivity contribution is -0.117. The minimum absolute atomic E-state index is 0.0587. The standard InChI is InChI=1S/C23H24F2N2O/c1-13-7-17(8-14(2)22(13)26-21(28)11-23(25)5-6-23)27-12-15-9-20(27)18-4-3-16(24)10-19(15)18/h3-4,7-8,10,15,20H,5-6,9,11-12H2,1-2H3,(H,26,28). The summed E-state index contributed by atoms with van der Waals surface area (Å²) in [5, 5.41) is 2.91. The van der Waals surface area contributed by atoms with Crippen LogP contribution in [0.25, 0.3) is 0 Å². The molecule has 1 aliphatic heterocycles. The van der Waals surface area contributed by atoms with Crippen LogP contribution in [0.2, 0.25) is 0 Å². The Bertz CT molecular complexity index is 960. The molecule has 2 bridgehead atoms. The highest BCUT2D eigenvalue weighted by atomic mass is 19.1. The number of benzene rings is 2. The summed E-state index contributed by atoms with van der Waals surface area (Å²) in [6.45, 7) is 4.84. The Labute approximate surface area is 163 Å². The summed E-state index contributed by atoms with van der Waals surface area (Å²) in [4.78, 5) is 14.6. The van der Waals surface area contributed by atoms with Crippen LogP contribution in [-0.2, 0) is 4.79 Å². The highest BCUT2D eigenvalue weighted by molar-refractivity contribution is 5.93. The Balaban J connectivity index is 1.39. The summed E-state index contributed by atoms with van der Waals surface area (Å²) in [7, 11) is 0. The predicted molar refractivity (Wildman–Crippen MR) is 106 cm³/mol. The molecule has 2 aliphatic carbocycles. The summed E-state index contributed by atoms with van der Waals surface area (Å²) in [5.74, 6) is -0.0454. The maximum absolute atomic E-state index is 13.9. The van der Waals surface area contributed by atoms with E-state index in [1.165, 1.54) is 5.56 Å². The number of carbonyl (C=O) groups excluding carboxylic acids is 1. The Morgan fingerprint density at radius 3 is 2.57 bits per heavy atom. The van der Waals surface area contributed by atoms with E-state index in [2.05, 4.69) is 22.3 Å². The molecule has 1 saturated heterocycles. The van der Waals surface area contributed by atoms with Gasteiger partial charge in [0.25, 0.3) is 0 Å². The first kappa shape index (κ1) is 17.7. The lowest BCUT2D eigenvalue weighted by Gasteiger charge is -2.32. The third-order valence-corrected chi connectivity index (χ3v) is 6.53. The van der Waals surface area contributed by atoms with Gasteiger partial charge in [-0.2, -0.15) is 0 Å². The summed E-state index contributed by atoms with van der Waals surface area (Å²) in [6.07, 6.45) is 1.94. The van der Waals surface area contributed by atoms with Crippen molar-refractivity contribution >= 4 is 17.3 Å². The van der Waals surface area contributed by atoms with Gasteiger partial charge in [0, 0.05) is 23.8 Å². The normalized spacial score (nSPS) is 23.6. The van der Waals surface area contributed by atoms with Gasteiger partial charge in [-0.3, -0.25) is 4.79 Å². The Morgan fingerprint density at radius 2 is 1.89 bits per heavy atom. The maximum Gasteiger partial charge on any atom is 0.227 e. The van der Waals surface area contributed by atoms with E-state index in [1.807, 2.05) is 19.9 Å². The molecular formula is C23H24F2N2O. The molecule has 2 aromatic carbocycles. The molecule has 5 rings (SSSR count). The molecule has 146 valence electrons. The summed E-state index contributed by atoms with van der Waals surface area (Å²) in [5.41, 5.74) is 4.96. The van der Waals surface area contributed by atoms with E-state index in [9.17, 15) is 13.6 Å². The van der Waals surface area contributed by atoms with Crippen molar-refractivity contribution in [2.45, 2.75) is 57.2 Å². The van der Waals surface area contributed by atoms with Gasteiger partial charge in [-0.05, 0) is 79.6 Å². The third-order valence-electron chi connectivity index (χ3n) is 6.53. The average molecular weight is 382 g/mol. The number of aryl methyl sites for hydroxylation is 2. The van der Waals surface area contributed by atoms with Gasteiger partial charge >= 0.3 is 0 Å². The topological polar surface area (TPSA) is 32.3 Å². The fourth-order valence-corrected chi connectivity index (χ4v) is 4.93. The number of alkyl halides is 1. The first-order valence-electron chi connectivity index (χ1n) is 9.99. The lowest BCUT2D eigenvalue weighted by Crippen LogP contribution is -2.27. The number of nitrogens with zero attached hydrogens (tertiary/aromatic N) is 1. The summed E-state index contributed by atoms with van der Waals surface area (Å²) in [6, 6.07) is 9.61. The molecule has 5 heteroatoms. The SMILES string of the molecule is Cc1cc(N2CC3CC2c2ccc(F)cc23)cc(C)c1NC(=O)CC1(F)CC1. The van der Waals surface area contributed by atoms with Gasteiger partial charge in [0.2, 0.25) is 5.91 Å². The Hall–Kier alpha value is -2.43. The molecule has 2 aromatic rings. The van der Waals surface area contributed by atoms with Crippen molar-refractivity contribution in [2.75, 3.05) is 16.8 Å². The number of anilines is 2. The minimum Gasteiger partial charge on any atom is -0.364 e. The van der Waals surface area contributed by atoms with Gasteiger partial charge in [0.1, 0.15) is 11.5 Å². The number of rotatable bonds is 4. The maximum atomic E-state index is 13.9. The number of carbonyl (C=O) groups is 1. The van der Waals surface area contributed by atoms with Gasteiger partial charge in [-0.1, -0.05) is 6.07 Å². The molecule has 3 nitrogen and oxygen atoms in total. The molecule has 1 saturated carbocycles. The Kier molecular flexibility index (Phi) is 3.80. The number of hydrogen-bond donors (Lipinski definition) is 1. The molecule has 2 unspecified atom stereocenters. The van der Waals surface area contributed by atoms with E-state index in [-0.39, 0.29) is 24.2 Å². The molecule has 28 heavy (non-hydrogen) atoms. The third kappa shape index (κ3) is 2.88. The second kappa shape index (κ2) is 6.03. The van der Waals surface area contributed by atoms with Crippen LogP contribution in [0.5, 0.6) is 0 Å². The zero-order valence-corrected chi connectivity index (χ0v) is 16.2. The van der Waals surface area contributed by atoms with E-state index in [4.69, 9.17) is 0 Å². The van der Waals surface area contributed by atoms with Crippen molar-refractivity contribution in [1.29, 1.82) is 0 Å². The van der Waals surface area contributed by atoms with Gasteiger partial charge in [-0.15, -0.1) is 0 Å². The fourth-order valence-electron chi connectivity index (χ4n) is 4.93. The number of nitrogens with one attached hydrogen (secondary N) is 1.